The SMILES string of the molecule is N[C@H]1Cc2cc(Oc3c(F)cccc3F)cnc2N(O)C1=O. The molecule has 1 aromatic carbocycles. The number of carbonyl (C=O) groups is 1. The van der Waals surface area contributed by atoms with Crippen LogP contribution in [0.5, 0.6) is 11.5 Å². The number of amides is 1. The van der Waals surface area contributed by atoms with Crippen LogP contribution < -0.4 is 15.5 Å². The molecule has 0 radical (unpaired) electrons. The molecule has 2 heterocycles. The fourth-order valence-electron chi connectivity index (χ4n) is 2.16. The van der Waals surface area contributed by atoms with E-state index in [4.69, 9.17) is 10.5 Å². The van der Waals surface area contributed by atoms with E-state index in [1.54, 1.807) is 0 Å². The van der Waals surface area contributed by atoms with Crippen molar-refractivity contribution in [2.24, 2.45) is 5.73 Å². The third-order valence-corrected chi connectivity index (χ3v) is 3.22. The van der Waals surface area contributed by atoms with Crippen molar-refractivity contribution in [1.29, 1.82) is 0 Å². The maximum Gasteiger partial charge on any atom is 0.269 e. The van der Waals surface area contributed by atoms with Crippen LogP contribution in [0.4, 0.5) is 14.6 Å². The van der Waals surface area contributed by atoms with Gasteiger partial charge in [-0.15, -0.1) is 0 Å². The maximum absolute atomic E-state index is 13.6. The Bertz CT molecular complexity index is 734. The number of nitrogens with two attached hydrogens (primary N) is 1. The number of aromatic nitrogens is 1. The van der Waals surface area contributed by atoms with Gasteiger partial charge in [-0.05, 0) is 18.2 Å². The summed E-state index contributed by atoms with van der Waals surface area (Å²) in [5.74, 6) is -2.84. The first-order valence-corrected chi connectivity index (χ1v) is 6.36. The monoisotopic (exact) mass is 307 g/mol. The second-order valence-corrected chi connectivity index (χ2v) is 4.77. The Hall–Kier alpha value is -2.58. The lowest BCUT2D eigenvalue weighted by atomic mass is 10.0. The molecular weight excluding hydrogens is 296 g/mol. The number of rotatable bonds is 2. The van der Waals surface area contributed by atoms with Crippen molar-refractivity contribution in [3.63, 3.8) is 0 Å². The van der Waals surface area contributed by atoms with Crippen LogP contribution in [0.2, 0.25) is 0 Å². The molecule has 1 amide bonds. The van der Waals surface area contributed by atoms with Crippen molar-refractivity contribution in [2.75, 3.05) is 5.06 Å². The van der Waals surface area contributed by atoms with Crippen LogP contribution in [0.1, 0.15) is 5.56 Å². The van der Waals surface area contributed by atoms with E-state index in [-0.39, 0.29) is 18.0 Å². The number of hydrogen-bond acceptors (Lipinski definition) is 5. The first kappa shape index (κ1) is 14.4. The lowest BCUT2D eigenvalue weighted by Gasteiger charge is -2.26. The van der Waals surface area contributed by atoms with Crippen LogP contribution in [-0.2, 0) is 11.2 Å². The Morgan fingerprint density at radius 3 is 2.73 bits per heavy atom. The standard InChI is InChI=1S/C14H11F2N3O3/c15-9-2-1-3-10(16)12(9)22-8-4-7-5-11(17)14(20)19(21)13(7)18-6-8/h1-4,6,11,21H,5,17H2/t11-/m0/s1. The summed E-state index contributed by atoms with van der Waals surface area (Å²) in [4.78, 5) is 15.4. The number of carbonyl (C=O) groups excluding carboxylic acids is 1. The minimum absolute atomic E-state index is 0.0213. The molecule has 1 aliphatic rings. The molecule has 8 heteroatoms. The topological polar surface area (TPSA) is 88.7 Å². The molecular formula is C14H11F2N3O3. The highest BCUT2D eigenvalue weighted by atomic mass is 19.1. The zero-order valence-corrected chi connectivity index (χ0v) is 11.2. The molecule has 1 aliphatic heterocycles. The highest BCUT2D eigenvalue weighted by Crippen LogP contribution is 2.31. The molecule has 1 atom stereocenters. The number of halogens is 2. The fraction of sp³-hybridized carbons (Fsp3) is 0.143. The molecule has 2 aromatic rings. The second kappa shape index (κ2) is 5.32. The van der Waals surface area contributed by atoms with Crippen molar-refractivity contribution < 1.29 is 23.5 Å². The molecule has 0 aliphatic carbocycles. The third kappa shape index (κ3) is 2.38. The van der Waals surface area contributed by atoms with Gasteiger partial charge in [-0.1, -0.05) is 6.07 Å². The normalized spacial score (nSPS) is 17.4. The summed E-state index contributed by atoms with van der Waals surface area (Å²) in [6.07, 6.45) is 1.28. The minimum atomic E-state index is -0.917. The van der Waals surface area contributed by atoms with E-state index < -0.39 is 29.3 Å². The second-order valence-electron chi connectivity index (χ2n) is 4.77. The van der Waals surface area contributed by atoms with Gasteiger partial charge in [0.05, 0.1) is 12.2 Å². The lowest BCUT2D eigenvalue weighted by Crippen LogP contribution is -2.47. The average Bonchev–Trinajstić information content (AvgIpc) is 2.49. The molecule has 0 bridgehead atoms. The van der Waals surface area contributed by atoms with Crippen molar-refractivity contribution in [3.05, 3.63) is 47.7 Å². The summed E-state index contributed by atoms with van der Waals surface area (Å²) in [6, 6.07) is 3.85. The smallest absolute Gasteiger partial charge is 0.269 e. The van der Waals surface area contributed by atoms with Gasteiger partial charge in [0.2, 0.25) is 0 Å². The number of anilines is 1. The Labute approximate surface area is 123 Å². The van der Waals surface area contributed by atoms with Crippen LogP contribution in [-0.4, -0.2) is 22.1 Å². The van der Waals surface area contributed by atoms with Crippen molar-refractivity contribution in [3.8, 4) is 11.5 Å². The fourth-order valence-corrected chi connectivity index (χ4v) is 2.16. The Balaban J connectivity index is 1.95. The first-order valence-electron chi connectivity index (χ1n) is 6.36. The van der Waals surface area contributed by atoms with E-state index in [2.05, 4.69) is 4.98 Å². The van der Waals surface area contributed by atoms with Crippen LogP contribution >= 0.6 is 0 Å². The minimum Gasteiger partial charge on any atom is -0.450 e. The van der Waals surface area contributed by atoms with Gasteiger partial charge < -0.3 is 10.5 Å². The maximum atomic E-state index is 13.6. The highest BCUT2D eigenvalue weighted by molar-refractivity contribution is 5.97. The van der Waals surface area contributed by atoms with E-state index in [1.807, 2.05) is 0 Å². The number of para-hydroxylation sites is 1. The highest BCUT2D eigenvalue weighted by Gasteiger charge is 2.31. The molecule has 0 unspecified atom stereocenters. The molecule has 3 rings (SSSR count). The summed E-state index contributed by atoms with van der Waals surface area (Å²) in [6.45, 7) is 0. The van der Waals surface area contributed by atoms with Gasteiger partial charge in [0.25, 0.3) is 5.91 Å². The van der Waals surface area contributed by atoms with Crippen LogP contribution in [0.15, 0.2) is 30.5 Å². The zero-order valence-electron chi connectivity index (χ0n) is 11.2. The summed E-state index contributed by atoms with van der Waals surface area (Å²) in [5, 5.41) is 10.0. The van der Waals surface area contributed by atoms with Gasteiger partial charge >= 0.3 is 0 Å². The number of benzene rings is 1. The van der Waals surface area contributed by atoms with Gasteiger partial charge in [0.1, 0.15) is 5.75 Å². The van der Waals surface area contributed by atoms with Gasteiger partial charge in [-0.3, -0.25) is 10.0 Å². The first-order chi connectivity index (χ1) is 10.5. The number of fused-ring (bicyclic) bond motifs is 1. The summed E-state index contributed by atoms with van der Waals surface area (Å²) in [7, 11) is 0. The van der Waals surface area contributed by atoms with Crippen molar-refractivity contribution >= 4 is 11.7 Å². The number of nitrogens with zero attached hydrogens (tertiary/aromatic N) is 2. The average molecular weight is 307 g/mol. The molecule has 6 nitrogen and oxygen atoms in total. The van der Waals surface area contributed by atoms with E-state index in [1.165, 1.54) is 12.1 Å². The molecule has 3 N–H and O–H groups in total. The van der Waals surface area contributed by atoms with E-state index in [0.717, 1.165) is 18.3 Å². The van der Waals surface area contributed by atoms with Gasteiger partial charge in [-0.25, -0.2) is 13.8 Å². The quantitative estimate of drug-likeness (QED) is 0.825. The predicted molar refractivity (Wildman–Crippen MR) is 71.6 cm³/mol. The number of pyridine rings is 1. The molecule has 0 spiro atoms. The summed E-state index contributed by atoms with van der Waals surface area (Å²) in [5.41, 5.74) is 6.03. The van der Waals surface area contributed by atoms with Gasteiger partial charge in [0.15, 0.2) is 23.2 Å². The molecule has 1 aromatic heterocycles. The van der Waals surface area contributed by atoms with Gasteiger partial charge in [0, 0.05) is 12.0 Å². The molecule has 114 valence electrons. The van der Waals surface area contributed by atoms with Gasteiger partial charge in [-0.2, -0.15) is 5.06 Å². The van der Waals surface area contributed by atoms with Crippen LogP contribution in [0, 0.1) is 11.6 Å². The van der Waals surface area contributed by atoms with E-state index in [0.29, 0.717) is 10.6 Å². The largest absolute Gasteiger partial charge is 0.450 e. The summed E-state index contributed by atoms with van der Waals surface area (Å²) >= 11 is 0. The molecule has 0 saturated heterocycles. The van der Waals surface area contributed by atoms with Crippen LogP contribution in [0.25, 0.3) is 0 Å². The molecule has 0 saturated carbocycles. The Kier molecular flexibility index (Phi) is 3.47. The third-order valence-electron chi connectivity index (χ3n) is 3.22. The number of hydrogen-bond donors (Lipinski definition) is 2. The number of hydroxylamine groups is 1. The van der Waals surface area contributed by atoms with E-state index >= 15 is 0 Å². The van der Waals surface area contributed by atoms with Crippen molar-refractivity contribution in [2.45, 2.75) is 12.5 Å². The zero-order chi connectivity index (χ0) is 15.9. The van der Waals surface area contributed by atoms with Crippen molar-refractivity contribution in [1.82, 2.24) is 4.98 Å². The Morgan fingerprint density at radius 1 is 1.36 bits per heavy atom. The number of ether oxygens (including phenoxy) is 1. The predicted octanol–water partition coefficient (Wildman–Crippen LogP) is 1.76. The lowest BCUT2D eigenvalue weighted by molar-refractivity contribution is -0.125. The van der Waals surface area contributed by atoms with E-state index in [9.17, 15) is 18.8 Å². The molecule has 0 fully saturated rings. The Morgan fingerprint density at radius 2 is 2.05 bits per heavy atom. The van der Waals surface area contributed by atoms with Crippen LogP contribution in [0.3, 0.4) is 0 Å². The molecule has 22 heavy (non-hydrogen) atoms. The summed E-state index contributed by atoms with van der Waals surface area (Å²) < 4.78 is 32.3.